The Morgan fingerprint density at radius 2 is 1.97 bits per heavy atom. The normalized spacial score (nSPS) is 19.0. The maximum Gasteiger partial charge on any atom is 0.172 e. The van der Waals surface area contributed by atoms with Gasteiger partial charge in [-0.1, -0.05) is 11.2 Å². The van der Waals surface area contributed by atoms with Crippen molar-refractivity contribution in [2.24, 2.45) is 12.2 Å². The number of nitrogens with zero attached hydrogens (tertiary/aromatic N) is 4. The van der Waals surface area contributed by atoms with E-state index < -0.39 is 11.6 Å². The highest BCUT2D eigenvalue weighted by Gasteiger charge is 2.33. The van der Waals surface area contributed by atoms with Gasteiger partial charge in [-0.2, -0.15) is 5.10 Å². The molecular weight excluding hydrogens is 438 g/mol. The Morgan fingerprint density at radius 3 is 2.68 bits per heavy atom. The summed E-state index contributed by atoms with van der Waals surface area (Å²) in [5, 5.41) is 8.57. The van der Waals surface area contributed by atoms with Crippen LogP contribution in [0.5, 0.6) is 5.75 Å². The van der Waals surface area contributed by atoms with E-state index in [-0.39, 0.29) is 18.2 Å². The molecule has 0 spiro atoms. The van der Waals surface area contributed by atoms with E-state index in [2.05, 4.69) is 21.2 Å². The van der Waals surface area contributed by atoms with Crippen LogP contribution in [0.2, 0.25) is 0 Å². The zero-order valence-corrected chi connectivity index (χ0v) is 19.4. The third-order valence-electron chi connectivity index (χ3n) is 6.43. The lowest BCUT2D eigenvalue weighted by molar-refractivity contribution is 0.0572. The summed E-state index contributed by atoms with van der Waals surface area (Å²) < 4.78 is 35.9. The van der Waals surface area contributed by atoms with Crippen LogP contribution in [0.1, 0.15) is 35.6 Å². The third-order valence-corrected chi connectivity index (χ3v) is 6.43. The molecule has 1 unspecified atom stereocenters. The molecule has 0 N–H and O–H groups in total. The summed E-state index contributed by atoms with van der Waals surface area (Å²) in [5.41, 5.74) is 4.51. The summed E-state index contributed by atoms with van der Waals surface area (Å²) in [6.45, 7) is 2.42. The molecule has 0 saturated carbocycles. The lowest BCUT2D eigenvalue weighted by Crippen LogP contribution is -2.44. The standard InChI is InChI=1S/C26H26F2N4O2/c1-16-22(27)11-19(12-23(16)28)24-15-34-30-26-18(5-4-8-32(24)26)9-17-6-7-21(25(10-17)33-3)20-13-29-31(2)14-20/h6-7,9-14,24H,4-5,8,15H2,1-3H3/b18-9+. The Bertz CT molecular complexity index is 1270. The number of rotatable bonds is 4. The smallest absolute Gasteiger partial charge is 0.172 e. The molecule has 1 atom stereocenters. The van der Waals surface area contributed by atoms with E-state index in [1.54, 1.807) is 18.0 Å². The molecular formula is C26H26F2N4O2. The van der Waals surface area contributed by atoms with Gasteiger partial charge in [0, 0.05) is 36.5 Å². The van der Waals surface area contributed by atoms with Gasteiger partial charge in [0.1, 0.15) is 24.0 Å². The van der Waals surface area contributed by atoms with Crippen molar-refractivity contribution in [3.8, 4) is 16.9 Å². The topological polar surface area (TPSA) is 51.9 Å². The lowest BCUT2D eigenvalue weighted by atomic mass is 9.95. The highest BCUT2D eigenvalue weighted by molar-refractivity contribution is 6.03. The number of methoxy groups -OCH3 is 1. The van der Waals surface area contributed by atoms with E-state index in [4.69, 9.17) is 9.57 Å². The van der Waals surface area contributed by atoms with Crippen molar-refractivity contribution < 1.29 is 18.4 Å². The molecule has 6 nitrogen and oxygen atoms in total. The molecule has 2 aromatic carbocycles. The van der Waals surface area contributed by atoms with Gasteiger partial charge in [0.25, 0.3) is 0 Å². The SMILES string of the molecule is COc1cc(/C=C2\CCCN3C2=NOCC3c2cc(F)c(C)c(F)c2)ccc1-c1cnn(C)c1. The van der Waals surface area contributed by atoms with Crippen molar-refractivity contribution in [1.82, 2.24) is 14.7 Å². The fourth-order valence-corrected chi connectivity index (χ4v) is 4.58. The molecule has 5 rings (SSSR count). The number of hydrogen-bond acceptors (Lipinski definition) is 5. The van der Waals surface area contributed by atoms with Crippen LogP contribution in [0.25, 0.3) is 17.2 Å². The molecule has 0 amide bonds. The Labute approximate surface area is 197 Å². The Morgan fingerprint density at radius 1 is 1.18 bits per heavy atom. The molecule has 1 fully saturated rings. The maximum atomic E-state index is 14.3. The number of aryl methyl sites for hydroxylation is 1. The van der Waals surface area contributed by atoms with Crippen LogP contribution in [-0.4, -0.2) is 40.8 Å². The van der Waals surface area contributed by atoms with Gasteiger partial charge >= 0.3 is 0 Å². The van der Waals surface area contributed by atoms with Crippen molar-refractivity contribution >= 4 is 11.9 Å². The molecule has 2 aliphatic rings. The van der Waals surface area contributed by atoms with Gasteiger partial charge in [0.05, 0.1) is 19.3 Å². The van der Waals surface area contributed by atoms with Gasteiger partial charge in [-0.05, 0) is 66.8 Å². The predicted molar refractivity (Wildman–Crippen MR) is 126 cm³/mol. The van der Waals surface area contributed by atoms with Crippen LogP contribution in [0.4, 0.5) is 8.78 Å². The molecule has 8 heteroatoms. The molecule has 0 bridgehead atoms. The van der Waals surface area contributed by atoms with Crippen LogP contribution in [0.3, 0.4) is 0 Å². The molecule has 0 aliphatic carbocycles. The molecule has 34 heavy (non-hydrogen) atoms. The van der Waals surface area contributed by atoms with E-state index in [1.165, 1.54) is 19.1 Å². The molecule has 2 aliphatic heterocycles. The molecule has 3 aromatic rings. The maximum absolute atomic E-state index is 14.3. The second-order valence-corrected chi connectivity index (χ2v) is 8.66. The summed E-state index contributed by atoms with van der Waals surface area (Å²) in [6, 6.07) is 8.53. The first-order valence-electron chi connectivity index (χ1n) is 11.2. The average Bonchev–Trinajstić information content (AvgIpc) is 3.28. The van der Waals surface area contributed by atoms with Gasteiger partial charge in [-0.15, -0.1) is 0 Å². The molecule has 3 heterocycles. The van der Waals surface area contributed by atoms with Crippen molar-refractivity contribution in [2.75, 3.05) is 20.3 Å². The van der Waals surface area contributed by atoms with E-state index in [1.807, 2.05) is 31.4 Å². The third kappa shape index (κ3) is 4.04. The molecule has 1 saturated heterocycles. The Hall–Kier alpha value is -3.68. The predicted octanol–water partition coefficient (Wildman–Crippen LogP) is 5.25. The van der Waals surface area contributed by atoms with Gasteiger partial charge in [-0.3, -0.25) is 4.68 Å². The highest BCUT2D eigenvalue weighted by atomic mass is 19.1. The van der Waals surface area contributed by atoms with E-state index >= 15 is 0 Å². The minimum absolute atomic E-state index is 0.0253. The second-order valence-electron chi connectivity index (χ2n) is 8.66. The number of amidine groups is 1. The highest BCUT2D eigenvalue weighted by Crippen LogP contribution is 2.35. The number of oxime groups is 1. The van der Waals surface area contributed by atoms with Gasteiger partial charge < -0.3 is 14.5 Å². The number of benzene rings is 2. The van der Waals surface area contributed by atoms with Gasteiger partial charge in [-0.25, -0.2) is 8.78 Å². The first kappa shape index (κ1) is 22.1. The quantitative estimate of drug-likeness (QED) is 0.530. The molecule has 176 valence electrons. The Kier molecular flexibility index (Phi) is 5.81. The second kappa shape index (κ2) is 8.93. The fourth-order valence-electron chi connectivity index (χ4n) is 4.58. The number of aromatic nitrogens is 2. The molecule has 1 aromatic heterocycles. The fraction of sp³-hybridized carbons (Fsp3) is 0.308. The van der Waals surface area contributed by atoms with Crippen molar-refractivity contribution in [3.63, 3.8) is 0 Å². The summed E-state index contributed by atoms with van der Waals surface area (Å²) in [6.07, 6.45) is 7.56. The van der Waals surface area contributed by atoms with Crippen molar-refractivity contribution in [3.05, 3.63) is 76.6 Å². The number of ether oxygens (including phenoxy) is 1. The lowest BCUT2D eigenvalue weighted by Gasteiger charge is -2.40. The van der Waals surface area contributed by atoms with Crippen LogP contribution in [0, 0.1) is 18.6 Å². The summed E-state index contributed by atoms with van der Waals surface area (Å²) in [4.78, 5) is 7.62. The Balaban J connectivity index is 1.46. The number of piperidine rings is 1. The zero-order chi connectivity index (χ0) is 23.8. The van der Waals surface area contributed by atoms with E-state index in [0.29, 0.717) is 11.4 Å². The van der Waals surface area contributed by atoms with Crippen molar-refractivity contribution in [1.29, 1.82) is 0 Å². The largest absolute Gasteiger partial charge is 0.496 e. The number of halogens is 2. The van der Waals surface area contributed by atoms with E-state index in [0.717, 1.165) is 47.4 Å². The van der Waals surface area contributed by atoms with Gasteiger partial charge in [0.15, 0.2) is 5.84 Å². The first-order chi connectivity index (χ1) is 16.4. The van der Waals surface area contributed by atoms with Crippen LogP contribution in [0.15, 0.2) is 53.5 Å². The van der Waals surface area contributed by atoms with E-state index in [9.17, 15) is 8.78 Å². The number of hydrogen-bond donors (Lipinski definition) is 0. The first-order valence-corrected chi connectivity index (χ1v) is 11.2. The average molecular weight is 465 g/mol. The van der Waals surface area contributed by atoms with Crippen LogP contribution >= 0.6 is 0 Å². The zero-order valence-electron chi connectivity index (χ0n) is 19.4. The van der Waals surface area contributed by atoms with Gasteiger partial charge in [0.2, 0.25) is 0 Å². The van der Waals surface area contributed by atoms with Crippen LogP contribution in [-0.2, 0) is 11.9 Å². The summed E-state index contributed by atoms with van der Waals surface area (Å²) in [7, 11) is 3.53. The van der Waals surface area contributed by atoms with Crippen molar-refractivity contribution in [2.45, 2.75) is 25.8 Å². The number of fused-ring (bicyclic) bond motifs is 1. The summed E-state index contributed by atoms with van der Waals surface area (Å²) >= 11 is 0. The minimum atomic E-state index is -0.548. The van der Waals surface area contributed by atoms with Crippen LogP contribution < -0.4 is 4.74 Å². The molecule has 0 radical (unpaired) electrons. The minimum Gasteiger partial charge on any atom is -0.496 e. The monoisotopic (exact) mass is 464 g/mol. The summed E-state index contributed by atoms with van der Waals surface area (Å²) in [5.74, 6) is 0.361.